The number of piperazine rings is 1. The van der Waals surface area contributed by atoms with Crippen LogP contribution in [0.1, 0.15) is 5.56 Å². The van der Waals surface area contributed by atoms with Crippen molar-refractivity contribution in [1.29, 1.82) is 0 Å². The molecule has 166 valence electrons. The second-order valence-electron chi connectivity index (χ2n) is 7.19. The normalized spacial score (nSPS) is 14.3. The number of carbonyl (C=O) groups is 2. The van der Waals surface area contributed by atoms with Crippen molar-refractivity contribution in [3.05, 3.63) is 52.3 Å². The lowest BCUT2D eigenvalue weighted by Gasteiger charge is -2.34. The van der Waals surface area contributed by atoms with Gasteiger partial charge in [0.15, 0.2) is 11.5 Å². The molecule has 0 radical (unpaired) electrons. The summed E-state index contributed by atoms with van der Waals surface area (Å²) in [5.41, 5.74) is 1.38. The van der Waals surface area contributed by atoms with Crippen LogP contribution in [-0.2, 0) is 16.0 Å². The third-order valence-corrected chi connectivity index (χ3v) is 5.85. The van der Waals surface area contributed by atoms with Crippen molar-refractivity contribution in [2.24, 2.45) is 0 Å². The van der Waals surface area contributed by atoms with Gasteiger partial charge in [-0.15, -0.1) is 0 Å². The number of methoxy groups -OCH3 is 2. The average Bonchev–Trinajstić information content (AvgIpc) is 2.76. The van der Waals surface area contributed by atoms with Crippen LogP contribution < -0.4 is 14.8 Å². The summed E-state index contributed by atoms with van der Waals surface area (Å²) in [6, 6.07) is 9.25. The van der Waals surface area contributed by atoms with Gasteiger partial charge in [-0.05, 0) is 42.0 Å². The molecule has 0 bridgehead atoms. The number of carbonyl (C=O) groups excluding carboxylic acids is 2. The fraction of sp³-hybridized carbons (Fsp3) is 0.364. The van der Waals surface area contributed by atoms with E-state index in [4.69, 9.17) is 9.47 Å². The minimum Gasteiger partial charge on any atom is -0.493 e. The number of amides is 2. The predicted molar refractivity (Wildman–Crippen MR) is 119 cm³/mol. The molecular weight excluding hydrogens is 469 g/mol. The molecule has 0 unspecified atom stereocenters. The van der Waals surface area contributed by atoms with E-state index in [1.807, 2.05) is 4.90 Å². The van der Waals surface area contributed by atoms with Crippen LogP contribution in [-0.4, -0.2) is 68.6 Å². The molecule has 3 rings (SSSR count). The maximum atomic E-state index is 13.0. The van der Waals surface area contributed by atoms with Gasteiger partial charge in [-0.3, -0.25) is 14.5 Å². The fourth-order valence-corrected chi connectivity index (χ4v) is 3.86. The zero-order valence-corrected chi connectivity index (χ0v) is 19.1. The first-order valence-electron chi connectivity index (χ1n) is 9.85. The molecule has 0 saturated carbocycles. The van der Waals surface area contributed by atoms with Crippen LogP contribution in [0.2, 0.25) is 0 Å². The number of anilines is 1. The molecule has 0 spiro atoms. The number of nitrogens with zero attached hydrogens (tertiary/aromatic N) is 2. The molecule has 1 heterocycles. The van der Waals surface area contributed by atoms with Crippen molar-refractivity contribution in [1.82, 2.24) is 9.80 Å². The first-order valence-corrected chi connectivity index (χ1v) is 10.6. The number of rotatable bonds is 7. The molecule has 1 saturated heterocycles. The number of nitrogens with one attached hydrogen (secondary N) is 1. The Morgan fingerprint density at radius 3 is 2.26 bits per heavy atom. The van der Waals surface area contributed by atoms with Crippen molar-refractivity contribution in [3.63, 3.8) is 0 Å². The summed E-state index contributed by atoms with van der Waals surface area (Å²) < 4.78 is 24.3. The van der Waals surface area contributed by atoms with E-state index in [-0.39, 0.29) is 30.6 Å². The van der Waals surface area contributed by atoms with Gasteiger partial charge in [0.05, 0.1) is 27.2 Å². The van der Waals surface area contributed by atoms with Crippen LogP contribution in [0.3, 0.4) is 0 Å². The van der Waals surface area contributed by atoms with Crippen LogP contribution in [0, 0.1) is 5.82 Å². The third-order valence-electron chi connectivity index (χ3n) is 5.11. The van der Waals surface area contributed by atoms with E-state index in [0.29, 0.717) is 43.4 Å². The molecule has 2 aromatic carbocycles. The largest absolute Gasteiger partial charge is 0.493 e. The lowest BCUT2D eigenvalue weighted by Crippen LogP contribution is -2.50. The van der Waals surface area contributed by atoms with E-state index in [2.05, 4.69) is 21.2 Å². The SMILES string of the molecule is COc1cc(Br)c(CC(=O)N2CCN(CC(=O)Nc3ccc(F)cc3)CC2)cc1OC. The van der Waals surface area contributed by atoms with E-state index in [9.17, 15) is 14.0 Å². The minimum absolute atomic E-state index is 0.0170. The van der Waals surface area contributed by atoms with Crippen LogP contribution in [0.4, 0.5) is 10.1 Å². The molecule has 7 nitrogen and oxygen atoms in total. The molecule has 0 atom stereocenters. The van der Waals surface area contributed by atoms with E-state index in [0.717, 1.165) is 10.0 Å². The van der Waals surface area contributed by atoms with Gasteiger partial charge in [-0.25, -0.2) is 4.39 Å². The third kappa shape index (κ3) is 6.18. The van der Waals surface area contributed by atoms with E-state index < -0.39 is 0 Å². The monoisotopic (exact) mass is 493 g/mol. The summed E-state index contributed by atoms with van der Waals surface area (Å²) in [5, 5.41) is 2.75. The van der Waals surface area contributed by atoms with Crippen molar-refractivity contribution >= 4 is 33.4 Å². The molecule has 0 aliphatic carbocycles. The van der Waals surface area contributed by atoms with Gasteiger partial charge in [-0.2, -0.15) is 0 Å². The number of hydrogen-bond donors (Lipinski definition) is 1. The standard InChI is InChI=1S/C22H25BrFN3O4/c1-30-19-11-15(18(23)13-20(19)31-2)12-22(29)27-9-7-26(8-10-27)14-21(28)25-17-5-3-16(24)4-6-17/h3-6,11,13H,7-10,12,14H2,1-2H3,(H,25,28). The number of ether oxygens (including phenoxy) is 2. The maximum absolute atomic E-state index is 13.0. The van der Waals surface area contributed by atoms with Crippen LogP contribution >= 0.6 is 15.9 Å². The van der Waals surface area contributed by atoms with E-state index in [1.54, 1.807) is 31.3 Å². The smallest absolute Gasteiger partial charge is 0.238 e. The molecule has 1 fully saturated rings. The molecule has 1 aliphatic rings. The van der Waals surface area contributed by atoms with Gasteiger partial charge >= 0.3 is 0 Å². The van der Waals surface area contributed by atoms with Crippen molar-refractivity contribution in [3.8, 4) is 11.5 Å². The summed E-state index contributed by atoms with van der Waals surface area (Å²) in [6.07, 6.45) is 0.242. The lowest BCUT2D eigenvalue weighted by molar-refractivity contribution is -0.132. The summed E-state index contributed by atoms with van der Waals surface area (Å²) in [4.78, 5) is 28.8. The van der Waals surface area contributed by atoms with E-state index in [1.165, 1.54) is 24.3 Å². The predicted octanol–water partition coefficient (Wildman–Crippen LogP) is 2.93. The van der Waals surface area contributed by atoms with Gasteiger partial charge in [0.1, 0.15) is 5.82 Å². The average molecular weight is 494 g/mol. The van der Waals surface area contributed by atoms with Crippen molar-refractivity contribution < 1.29 is 23.5 Å². The van der Waals surface area contributed by atoms with Crippen LogP contribution in [0.5, 0.6) is 11.5 Å². The molecule has 2 amide bonds. The Kier molecular flexibility index (Phi) is 7.86. The minimum atomic E-state index is -0.348. The first kappa shape index (κ1) is 23.0. The van der Waals surface area contributed by atoms with Crippen LogP contribution in [0.15, 0.2) is 40.9 Å². The highest BCUT2D eigenvalue weighted by molar-refractivity contribution is 9.10. The quantitative estimate of drug-likeness (QED) is 0.641. The van der Waals surface area contributed by atoms with Gasteiger partial charge in [0, 0.05) is 36.3 Å². The number of halogens is 2. The second-order valence-corrected chi connectivity index (χ2v) is 8.04. The van der Waals surface area contributed by atoms with Gasteiger partial charge < -0.3 is 19.7 Å². The molecule has 2 aromatic rings. The van der Waals surface area contributed by atoms with E-state index >= 15 is 0 Å². The molecular formula is C22H25BrFN3O4. The number of hydrogen-bond acceptors (Lipinski definition) is 5. The Morgan fingerprint density at radius 2 is 1.65 bits per heavy atom. The van der Waals surface area contributed by atoms with Gasteiger partial charge in [0.2, 0.25) is 11.8 Å². The highest BCUT2D eigenvalue weighted by atomic mass is 79.9. The topological polar surface area (TPSA) is 71.1 Å². The second kappa shape index (κ2) is 10.6. The molecule has 9 heteroatoms. The maximum Gasteiger partial charge on any atom is 0.238 e. The Bertz CT molecular complexity index is 931. The first-order chi connectivity index (χ1) is 14.9. The Morgan fingerprint density at radius 1 is 1.03 bits per heavy atom. The highest BCUT2D eigenvalue weighted by Crippen LogP contribution is 2.33. The Labute approximate surface area is 189 Å². The fourth-order valence-electron chi connectivity index (χ4n) is 3.40. The summed E-state index contributed by atoms with van der Waals surface area (Å²) >= 11 is 3.49. The Balaban J connectivity index is 1.49. The van der Waals surface area contributed by atoms with Crippen molar-refractivity contribution in [2.45, 2.75) is 6.42 Å². The summed E-state index contributed by atoms with van der Waals surface area (Å²) in [6.45, 7) is 2.53. The summed E-state index contributed by atoms with van der Waals surface area (Å²) in [5.74, 6) is 0.673. The molecule has 31 heavy (non-hydrogen) atoms. The Hall–Kier alpha value is -2.65. The molecule has 1 aliphatic heterocycles. The van der Waals surface area contributed by atoms with Crippen LogP contribution in [0.25, 0.3) is 0 Å². The molecule has 1 N–H and O–H groups in total. The van der Waals surface area contributed by atoms with Crippen molar-refractivity contribution in [2.75, 3.05) is 52.3 Å². The lowest BCUT2D eigenvalue weighted by atomic mass is 10.1. The summed E-state index contributed by atoms with van der Waals surface area (Å²) in [7, 11) is 3.12. The van der Waals surface area contributed by atoms with Gasteiger partial charge in [-0.1, -0.05) is 15.9 Å². The zero-order valence-electron chi connectivity index (χ0n) is 17.5. The molecule has 0 aromatic heterocycles. The van der Waals surface area contributed by atoms with Gasteiger partial charge in [0.25, 0.3) is 0 Å². The zero-order chi connectivity index (χ0) is 22.4. The highest BCUT2D eigenvalue weighted by Gasteiger charge is 2.23. The number of benzene rings is 2.